The summed E-state index contributed by atoms with van der Waals surface area (Å²) in [5, 5.41) is 31.2. The summed E-state index contributed by atoms with van der Waals surface area (Å²) in [6, 6.07) is -1.86. The van der Waals surface area contributed by atoms with E-state index < -0.39 is 36.6 Å². The second-order valence-corrected chi connectivity index (χ2v) is 2.77. The van der Waals surface area contributed by atoms with E-state index in [1.165, 1.54) is 6.92 Å². The number of aliphatic carboxylic acids is 3. The first kappa shape index (κ1) is 20.7. The van der Waals surface area contributed by atoms with Crippen molar-refractivity contribution in [3.8, 4) is 0 Å². The van der Waals surface area contributed by atoms with Crippen LogP contribution < -0.4 is 11.5 Å². The van der Waals surface area contributed by atoms with Crippen LogP contribution in [-0.2, 0) is 14.4 Å². The summed E-state index contributed by atoms with van der Waals surface area (Å²) in [5.74, 6) is -2.97. The average Bonchev–Trinajstić information content (AvgIpc) is 2.16. The molecule has 0 aliphatic heterocycles. The Balaban J connectivity index is -0.000000180. The second-order valence-electron chi connectivity index (χ2n) is 2.77. The van der Waals surface area contributed by atoms with Gasteiger partial charge >= 0.3 is 11.9 Å². The topological polar surface area (TPSA) is 184 Å². The van der Waals surface area contributed by atoms with E-state index in [0.29, 0.717) is 0 Å². The van der Waals surface area contributed by atoms with Gasteiger partial charge in [0, 0.05) is 6.92 Å². The molecule has 0 aromatic rings. The van der Waals surface area contributed by atoms with Gasteiger partial charge in [-0.1, -0.05) is 0 Å². The first-order chi connectivity index (χ1) is 7.56. The van der Waals surface area contributed by atoms with Gasteiger partial charge in [0.1, 0.15) is 12.1 Å². The highest BCUT2D eigenvalue weighted by Crippen LogP contribution is 1.71. The van der Waals surface area contributed by atoms with E-state index in [-0.39, 0.29) is 0 Å². The molecule has 0 saturated heterocycles. The van der Waals surface area contributed by atoms with Crippen LogP contribution in [0.5, 0.6) is 0 Å². The lowest BCUT2D eigenvalue weighted by atomic mass is 10.3. The Morgan fingerprint density at radius 2 is 1.29 bits per heavy atom. The molecule has 0 heterocycles. The summed E-state index contributed by atoms with van der Waals surface area (Å²) < 4.78 is 0. The maximum atomic E-state index is 9.65. The van der Waals surface area contributed by atoms with E-state index in [1.807, 2.05) is 0 Å². The summed E-state index contributed by atoms with van der Waals surface area (Å²) in [6.45, 7) is 2.00. The van der Waals surface area contributed by atoms with E-state index in [0.717, 1.165) is 6.92 Å². The van der Waals surface area contributed by atoms with Crippen LogP contribution >= 0.6 is 0 Å². The maximum Gasteiger partial charge on any atom is 0.322 e. The van der Waals surface area contributed by atoms with Crippen molar-refractivity contribution >= 4 is 17.9 Å². The Hall–Kier alpha value is -1.71. The van der Waals surface area contributed by atoms with Gasteiger partial charge < -0.3 is 31.9 Å². The van der Waals surface area contributed by atoms with Gasteiger partial charge in [0.25, 0.3) is 5.97 Å². The summed E-state index contributed by atoms with van der Waals surface area (Å²) in [5.41, 5.74) is 9.60. The minimum Gasteiger partial charge on any atom is -0.481 e. The van der Waals surface area contributed by atoms with E-state index in [4.69, 9.17) is 36.7 Å². The van der Waals surface area contributed by atoms with Gasteiger partial charge in [-0.2, -0.15) is 0 Å². The van der Waals surface area contributed by atoms with E-state index in [9.17, 15) is 9.59 Å². The predicted octanol–water partition coefficient (Wildman–Crippen LogP) is -2.10. The molecule has 0 aliphatic rings. The zero-order valence-corrected chi connectivity index (χ0v) is 9.53. The van der Waals surface area contributed by atoms with Crippen molar-refractivity contribution in [1.82, 2.24) is 0 Å². The molecule has 102 valence electrons. The SMILES string of the molecule is CC(=O)O.CC(N)C(=O)O.NC(CO)C(=O)O. The number of rotatable bonds is 3. The Morgan fingerprint density at radius 3 is 1.29 bits per heavy atom. The molecule has 0 amide bonds. The Kier molecular flexibility index (Phi) is 15.0. The molecule has 0 spiro atoms. The van der Waals surface area contributed by atoms with Crippen molar-refractivity contribution < 1.29 is 34.8 Å². The van der Waals surface area contributed by atoms with Gasteiger partial charge in [0.05, 0.1) is 6.61 Å². The van der Waals surface area contributed by atoms with Crippen molar-refractivity contribution in [2.45, 2.75) is 25.9 Å². The van der Waals surface area contributed by atoms with Crippen LogP contribution in [0, 0.1) is 0 Å². The molecule has 2 unspecified atom stereocenters. The summed E-state index contributed by atoms with van der Waals surface area (Å²) in [7, 11) is 0. The Morgan fingerprint density at radius 1 is 1.06 bits per heavy atom. The van der Waals surface area contributed by atoms with E-state index >= 15 is 0 Å². The third-order valence-corrected chi connectivity index (χ3v) is 0.903. The first-order valence-corrected chi connectivity index (χ1v) is 4.33. The lowest BCUT2D eigenvalue weighted by molar-refractivity contribution is -0.139. The molecule has 0 radical (unpaired) electrons. The predicted molar refractivity (Wildman–Crippen MR) is 57.3 cm³/mol. The molecule has 0 rings (SSSR count). The minimum atomic E-state index is -1.18. The zero-order chi connectivity index (χ0) is 14.6. The van der Waals surface area contributed by atoms with Crippen LogP contribution in [0.2, 0.25) is 0 Å². The standard InChI is InChI=1S/C3H7NO3.C3H7NO2.C2H4O2/c4-2(1-5)3(6)7;1-2(4)3(5)6;1-2(3)4/h2,5H,1,4H2,(H,6,7);2H,4H2,1H3,(H,5,6);1H3,(H,3,4). The zero-order valence-electron chi connectivity index (χ0n) is 9.53. The number of carboxylic acids is 3. The third kappa shape index (κ3) is 31.4. The van der Waals surface area contributed by atoms with Gasteiger partial charge in [-0.15, -0.1) is 0 Å². The van der Waals surface area contributed by atoms with Gasteiger partial charge in [-0.3, -0.25) is 14.4 Å². The molecule has 0 fully saturated rings. The molecule has 0 aliphatic carbocycles. The minimum absolute atomic E-state index is 0.505. The molecule has 0 aromatic carbocycles. The molecule has 9 heteroatoms. The number of hydrogen-bond donors (Lipinski definition) is 6. The highest BCUT2D eigenvalue weighted by molar-refractivity contribution is 5.73. The van der Waals surface area contributed by atoms with Crippen LogP contribution in [0.4, 0.5) is 0 Å². The number of carboxylic acid groups (broad SMARTS) is 3. The highest BCUT2D eigenvalue weighted by Gasteiger charge is 2.07. The lowest BCUT2D eigenvalue weighted by Gasteiger charge is -1.96. The van der Waals surface area contributed by atoms with Crippen LogP contribution in [0.3, 0.4) is 0 Å². The molecule has 2 atom stereocenters. The Bertz CT molecular complexity index is 238. The van der Waals surface area contributed by atoms with Crippen molar-refractivity contribution in [2.75, 3.05) is 6.61 Å². The van der Waals surface area contributed by atoms with E-state index in [1.54, 1.807) is 0 Å². The maximum absolute atomic E-state index is 9.65. The van der Waals surface area contributed by atoms with Crippen LogP contribution in [0.1, 0.15) is 13.8 Å². The van der Waals surface area contributed by atoms with Crippen molar-refractivity contribution in [3.63, 3.8) is 0 Å². The van der Waals surface area contributed by atoms with Gasteiger partial charge in [-0.05, 0) is 6.92 Å². The normalized spacial score (nSPS) is 11.8. The molecule has 0 bridgehead atoms. The van der Waals surface area contributed by atoms with Gasteiger partial charge in [0.2, 0.25) is 0 Å². The van der Waals surface area contributed by atoms with Crippen LogP contribution in [0.25, 0.3) is 0 Å². The molecule has 0 aromatic heterocycles. The summed E-state index contributed by atoms with van der Waals surface area (Å²) in [6.07, 6.45) is 0. The van der Waals surface area contributed by atoms with Crippen molar-refractivity contribution in [3.05, 3.63) is 0 Å². The van der Waals surface area contributed by atoms with E-state index in [2.05, 4.69) is 0 Å². The molecular formula is C8H18N2O7. The second kappa shape index (κ2) is 12.4. The molecule has 0 saturated carbocycles. The number of nitrogens with two attached hydrogens (primary N) is 2. The first-order valence-electron chi connectivity index (χ1n) is 4.33. The number of aliphatic hydroxyl groups is 1. The summed E-state index contributed by atoms with van der Waals surface area (Å²) in [4.78, 5) is 28.2. The van der Waals surface area contributed by atoms with Gasteiger partial charge in [-0.25, -0.2) is 0 Å². The van der Waals surface area contributed by atoms with Crippen molar-refractivity contribution in [1.29, 1.82) is 0 Å². The molecular weight excluding hydrogens is 236 g/mol. The smallest absolute Gasteiger partial charge is 0.322 e. The fourth-order valence-corrected chi connectivity index (χ4v) is 0.0781. The monoisotopic (exact) mass is 254 g/mol. The number of aliphatic hydroxyl groups excluding tert-OH is 1. The van der Waals surface area contributed by atoms with Crippen LogP contribution in [-0.4, -0.2) is 57.0 Å². The molecule has 9 nitrogen and oxygen atoms in total. The largest absolute Gasteiger partial charge is 0.481 e. The molecule has 8 N–H and O–H groups in total. The number of carbonyl (C=O) groups is 3. The number of hydrogen-bond acceptors (Lipinski definition) is 6. The van der Waals surface area contributed by atoms with Crippen LogP contribution in [0.15, 0.2) is 0 Å². The fourth-order valence-electron chi connectivity index (χ4n) is 0.0781. The Labute approximate surface area is 97.6 Å². The summed E-state index contributed by atoms with van der Waals surface area (Å²) >= 11 is 0. The quantitative estimate of drug-likeness (QED) is 0.328. The fraction of sp³-hybridized carbons (Fsp3) is 0.625. The average molecular weight is 254 g/mol. The lowest BCUT2D eigenvalue weighted by Crippen LogP contribution is -2.33. The van der Waals surface area contributed by atoms with Gasteiger partial charge in [0.15, 0.2) is 0 Å². The highest BCUT2D eigenvalue weighted by atomic mass is 16.4. The van der Waals surface area contributed by atoms with Crippen molar-refractivity contribution in [2.24, 2.45) is 11.5 Å². The molecule has 17 heavy (non-hydrogen) atoms. The third-order valence-electron chi connectivity index (χ3n) is 0.903.